The van der Waals surface area contributed by atoms with Crippen molar-refractivity contribution >= 4 is 23.9 Å². The molecule has 2 aliphatic heterocycles. The number of hydrogen-bond acceptors (Lipinski definition) is 18. The van der Waals surface area contributed by atoms with Gasteiger partial charge in [-0.25, -0.2) is 0 Å². The maximum absolute atomic E-state index is 13.9. The van der Waals surface area contributed by atoms with Gasteiger partial charge < -0.3 is 86.5 Å². The van der Waals surface area contributed by atoms with Crippen LogP contribution in [0.1, 0.15) is 152 Å². The number of nitrogens with one attached hydrogen (secondary N) is 1. The summed E-state index contributed by atoms with van der Waals surface area (Å²) < 4.78 is 17.5. The lowest BCUT2D eigenvalue weighted by molar-refractivity contribution is -0.333. The van der Waals surface area contributed by atoms with E-state index in [0.717, 1.165) is 45.1 Å². The van der Waals surface area contributed by atoms with Crippen LogP contribution in [0.4, 0.5) is 0 Å². The fourth-order valence-electron chi connectivity index (χ4n) is 10.3. The first-order valence-corrected chi connectivity index (χ1v) is 29.0. The number of hydrogen-bond donors (Lipinski definition) is 14. The molecule has 0 amide bonds. The fourth-order valence-corrected chi connectivity index (χ4v) is 10.3. The van der Waals surface area contributed by atoms with Gasteiger partial charge in [0.15, 0.2) is 11.7 Å². The third-order valence-corrected chi connectivity index (χ3v) is 16.2. The first kappa shape index (κ1) is 72.3. The molecule has 0 saturated carbocycles. The Balaban J connectivity index is 2.45. The molecule has 21 heteroatoms. The molecule has 462 valence electrons. The number of carbonyl (C=O) groups is 3. The van der Waals surface area contributed by atoms with Crippen LogP contribution in [-0.4, -0.2) is 184 Å². The summed E-state index contributed by atoms with van der Waals surface area (Å²) in [6.07, 6.45) is -0.0780. The van der Waals surface area contributed by atoms with Gasteiger partial charge in [-0.1, -0.05) is 103 Å². The van der Waals surface area contributed by atoms with E-state index in [9.17, 15) is 75.7 Å². The maximum atomic E-state index is 13.9. The zero-order chi connectivity index (χ0) is 60.4. The van der Waals surface area contributed by atoms with Crippen molar-refractivity contribution in [1.82, 2.24) is 5.32 Å². The van der Waals surface area contributed by atoms with Gasteiger partial charge in [0.25, 0.3) is 0 Å². The molecule has 2 aliphatic rings. The first-order valence-electron chi connectivity index (χ1n) is 29.0. The molecule has 2 heterocycles. The number of allylic oxidation sites excluding steroid dienone is 4. The van der Waals surface area contributed by atoms with E-state index >= 15 is 0 Å². The molecule has 0 aliphatic carbocycles. The molecule has 0 aromatic carbocycles. The van der Waals surface area contributed by atoms with E-state index in [2.05, 4.69) is 29.4 Å². The van der Waals surface area contributed by atoms with Gasteiger partial charge in [-0.3, -0.25) is 19.4 Å². The van der Waals surface area contributed by atoms with Gasteiger partial charge in [-0.05, 0) is 76.0 Å². The zero-order valence-electron chi connectivity index (χ0n) is 48.9. The van der Waals surface area contributed by atoms with E-state index in [-0.39, 0.29) is 62.7 Å². The van der Waals surface area contributed by atoms with E-state index in [1.165, 1.54) is 12.2 Å². The number of rotatable bonds is 14. The fraction of sp³-hybridized carbons (Fsp3) is 0.797. The zero-order valence-corrected chi connectivity index (χ0v) is 48.9. The normalized spacial score (nSPS) is 38.9. The average molecular weight is 1140 g/mol. The van der Waals surface area contributed by atoms with E-state index < -0.39 is 145 Å². The van der Waals surface area contributed by atoms with Gasteiger partial charge in [0.05, 0.1) is 67.0 Å². The van der Waals surface area contributed by atoms with E-state index in [1.807, 2.05) is 19.9 Å². The molecule has 0 aromatic heterocycles. The summed E-state index contributed by atoms with van der Waals surface area (Å²) in [4.78, 5) is 41.7. The predicted octanol–water partition coefficient (Wildman–Crippen LogP) is 3.30. The Morgan fingerprint density at radius 1 is 0.762 bits per heavy atom. The van der Waals surface area contributed by atoms with Gasteiger partial charge in [0.1, 0.15) is 24.7 Å². The number of carboxylic acids is 1. The topological polar surface area (TPSA) is 372 Å². The first-order chi connectivity index (χ1) is 37.5. The molecule has 15 N–H and O–H groups in total. The molecule has 22 atom stereocenters. The molecular weight excluding hydrogens is 1040 g/mol. The molecule has 0 unspecified atom stereocenters. The maximum Gasteiger partial charge on any atom is 0.317 e. The number of nitrogens with zero attached hydrogens (tertiary/aromatic N) is 1. The summed E-state index contributed by atoms with van der Waals surface area (Å²) in [6, 6.07) is 0. The molecule has 0 spiro atoms. The van der Waals surface area contributed by atoms with Crippen LogP contribution >= 0.6 is 0 Å². The highest BCUT2D eigenvalue weighted by Gasteiger charge is 2.50. The van der Waals surface area contributed by atoms with Crippen LogP contribution in [0.3, 0.4) is 0 Å². The molecule has 80 heavy (non-hydrogen) atoms. The number of carbonyl (C=O) groups excluding carboxylic acids is 2. The van der Waals surface area contributed by atoms with Crippen LogP contribution in [0.5, 0.6) is 0 Å². The quantitative estimate of drug-likeness (QED) is 0.0296. The summed E-state index contributed by atoms with van der Waals surface area (Å²) in [7, 11) is 1.63. The number of unbranched alkanes of at least 4 members (excludes halogenated alkanes) is 2. The number of carboxylic acid groups (broad SMARTS) is 1. The van der Waals surface area contributed by atoms with Crippen LogP contribution in [0.2, 0.25) is 0 Å². The predicted molar refractivity (Wildman–Crippen MR) is 302 cm³/mol. The number of esters is 2. The molecule has 0 aromatic rings. The lowest BCUT2D eigenvalue weighted by atomic mass is 9.83. The number of cyclic esters (lactones) is 1. The summed E-state index contributed by atoms with van der Waals surface area (Å²) in [5.74, 6) is -9.42. The molecule has 0 radical (unpaired) electrons. The van der Waals surface area contributed by atoms with Crippen LogP contribution in [0, 0.1) is 47.3 Å². The number of aliphatic imine (C=N–C) groups is 1. The second-order valence-electron chi connectivity index (χ2n) is 23.4. The minimum atomic E-state index is -2.50. The lowest BCUT2D eigenvalue weighted by Crippen LogP contribution is -2.59. The number of aliphatic carboxylic acids is 1. The van der Waals surface area contributed by atoms with E-state index in [4.69, 9.17) is 19.9 Å². The van der Waals surface area contributed by atoms with E-state index in [0.29, 0.717) is 5.96 Å². The molecule has 2 rings (SSSR count). The lowest BCUT2D eigenvalue weighted by Gasteiger charge is -2.45. The summed E-state index contributed by atoms with van der Waals surface area (Å²) in [5.41, 5.74) is 5.68. The number of aliphatic hydroxyl groups is 11. The number of nitrogens with two attached hydrogens (primary N) is 1. The Labute approximate surface area is 474 Å². The van der Waals surface area contributed by atoms with Crippen LogP contribution in [0.25, 0.3) is 0 Å². The van der Waals surface area contributed by atoms with Crippen LogP contribution in [-0.2, 0) is 28.6 Å². The second kappa shape index (κ2) is 36.7. The third-order valence-electron chi connectivity index (χ3n) is 16.2. The van der Waals surface area contributed by atoms with Gasteiger partial charge in [0, 0.05) is 69.4 Å². The number of guanidine groups is 1. The summed E-state index contributed by atoms with van der Waals surface area (Å²) >= 11 is 0. The Morgan fingerprint density at radius 2 is 1.40 bits per heavy atom. The molecule has 1 fully saturated rings. The van der Waals surface area contributed by atoms with Crippen molar-refractivity contribution in [3.8, 4) is 0 Å². The SMILES string of the molecule is CN=C(N)NCCC/C=C/CCC[C@H](C)C[C@H](C)[C@H]1OC(=O)[C@H](C)[C@H](O)/C=C/[C@H](C)[C@H](O)C[C@H](O)[C@H](C)[C@@H](O)CC[C@H](C)[C@H](O)C[C@]2(O)O[C@H](C[C@@H](O)C[C@@H](OC(=O)CC(=O)O)C[C@@H](O)[C@H](C)[C@H](O)/C=C/C=C/[C@@H]1C)C[C@H](O)[C@H]2O. The van der Waals surface area contributed by atoms with Crippen LogP contribution < -0.4 is 11.1 Å². The van der Waals surface area contributed by atoms with Crippen molar-refractivity contribution in [2.24, 2.45) is 58.1 Å². The molecule has 21 nitrogen and oxygen atoms in total. The third kappa shape index (κ3) is 26.2. The van der Waals surface area contributed by atoms with Crippen molar-refractivity contribution in [3.63, 3.8) is 0 Å². The minimum Gasteiger partial charge on any atom is -0.481 e. The molecule has 1 saturated heterocycles. The van der Waals surface area contributed by atoms with Gasteiger partial charge in [-0.15, -0.1) is 0 Å². The number of ether oxygens (including phenoxy) is 3. The van der Waals surface area contributed by atoms with Gasteiger partial charge in [0.2, 0.25) is 0 Å². The van der Waals surface area contributed by atoms with Crippen molar-refractivity contribution in [3.05, 3.63) is 48.6 Å². The van der Waals surface area contributed by atoms with Crippen LogP contribution in [0.15, 0.2) is 53.6 Å². The van der Waals surface area contributed by atoms with E-state index in [1.54, 1.807) is 59.9 Å². The smallest absolute Gasteiger partial charge is 0.317 e. The van der Waals surface area contributed by atoms with Gasteiger partial charge in [-0.2, -0.15) is 0 Å². The Hall–Kier alpha value is -3.84. The highest BCUT2D eigenvalue weighted by atomic mass is 16.7. The van der Waals surface area contributed by atoms with Crippen molar-refractivity contribution in [2.75, 3.05) is 13.6 Å². The molecular formula is C59H103N3O18. The average Bonchev–Trinajstić information content (AvgIpc) is 3.38. The Morgan fingerprint density at radius 3 is 2.05 bits per heavy atom. The Bertz CT molecular complexity index is 1960. The highest BCUT2D eigenvalue weighted by molar-refractivity contribution is 5.90. The standard InChI is InChI=1S/C59H103N3O18/c1-34(18-14-12-10-11-13-17-25-62-58(60)61-9)26-38(5)55-37(4)19-15-16-20-45(64)39(6)49(68)29-43(78-54(74)32-53(72)73)27-42(63)28-44-30-51(70)56(75)59(77,80-44)33-52(71)36(3)22-23-46(65)40(7)50(69)31-48(67)35(2)21-24-47(66)41(8)57(76)79-55/h10-11,15-16,19-21,24,34-52,55-56,63-71,75,77H,12-14,17-18,22-23,25-33H2,1-9H3,(H,72,73)(H3,60,61,62)/b11-10+,19-15+,20-16+,24-21+/t34-,35-,36-,37-,38-,39+,40+,41+,42-,43+,44+,45+,46-,47+,48+,49+,50-,51-,52+,55-,56+,59-/m0/s1. The van der Waals surface area contributed by atoms with Crippen molar-refractivity contribution in [2.45, 2.75) is 237 Å². The molecule has 2 bridgehead atoms. The number of aliphatic hydroxyl groups excluding tert-OH is 10. The van der Waals surface area contributed by atoms with Crippen molar-refractivity contribution in [1.29, 1.82) is 0 Å². The number of fused-ring (bicyclic) bond motifs is 2. The second-order valence-corrected chi connectivity index (χ2v) is 23.4. The minimum absolute atomic E-state index is 0.0842. The monoisotopic (exact) mass is 1140 g/mol. The van der Waals surface area contributed by atoms with Crippen molar-refractivity contribution < 1.29 is 89.9 Å². The van der Waals surface area contributed by atoms with Gasteiger partial charge >= 0.3 is 17.9 Å². The highest BCUT2D eigenvalue weighted by Crippen LogP contribution is 2.36. The largest absolute Gasteiger partial charge is 0.481 e. The Kier molecular flexibility index (Phi) is 33.1. The summed E-state index contributed by atoms with van der Waals surface area (Å²) in [6.45, 7) is 14.8. The summed E-state index contributed by atoms with van der Waals surface area (Å²) in [5, 5.41) is 135.